The third-order valence-corrected chi connectivity index (χ3v) is 3.13. The van der Waals surface area contributed by atoms with Crippen LogP contribution in [-0.2, 0) is 9.59 Å². The Kier molecular flexibility index (Phi) is 4.02. The molecule has 0 atom stereocenters. The van der Waals surface area contributed by atoms with E-state index in [0.717, 1.165) is 22.3 Å². The number of aromatic nitrogens is 1. The van der Waals surface area contributed by atoms with Crippen molar-refractivity contribution in [2.75, 3.05) is 11.9 Å². The number of fused-ring (bicyclic) bond motifs is 1. The van der Waals surface area contributed by atoms with Crippen molar-refractivity contribution in [2.45, 2.75) is 27.7 Å². The fourth-order valence-corrected chi connectivity index (χ4v) is 1.99. The topological polar surface area (TPSA) is 74.0 Å². The Hall–Kier alpha value is -2.30. The Morgan fingerprint density at radius 1 is 1.19 bits per heavy atom. The van der Waals surface area contributed by atoms with Crippen LogP contribution in [0.2, 0.25) is 0 Å². The molecule has 3 N–H and O–H groups in total. The van der Waals surface area contributed by atoms with E-state index in [1.54, 1.807) is 0 Å². The molecule has 0 bridgehead atoms. The molecule has 1 heterocycles. The quantitative estimate of drug-likeness (QED) is 0.811. The van der Waals surface area contributed by atoms with E-state index in [1.807, 2.05) is 52.0 Å². The summed E-state index contributed by atoms with van der Waals surface area (Å²) in [6.45, 7) is 7.38. The number of nitrogens with one attached hydrogen (secondary N) is 3. The first-order valence-corrected chi connectivity index (χ1v) is 6.93. The highest BCUT2D eigenvalue weighted by atomic mass is 16.2. The lowest BCUT2D eigenvalue weighted by Gasteiger charge is -2.17. The van der Waals surface area contributed by atoms with Gasteiger partial charge in [-0.25, -0.2) is 0 Å². The fraction of sp³-hybridized carbons (Fsp3) is 0.375. The highest BCUT2D eigenvalue weighted by Gasteiger charge is 2.21. The van der Waals surface area contributed by atoms with E-state index >= 15 is 0 Å². The minimum atomic E-state index is -0.498. The van der Waals surface area contributed by atoms with E-state index in [1.165, 1.54) is 0 Å². The predicted octanol–water partition coefficient (Wildman–Crippen LogP) is 2.58. The molecule has 0 fully saturated rings. The number of benzene rings is 1. The molecule has 0 spiro atoms. The zero-order valence-corrected chi connectivity index (χ0v) is 12.8. The molecular formula is C16H21N3O2. The number of anilines is 1. The summed E-state index contributed by atoms with van der Waals surface area (Å²) < 4.78 is 0. The molecule has 2 rings (SSSR count). The van der Waals surface area contributed by atoms with Crippen LogP contribution in [0.5, 0.6) is 0 Å². The number of amides is 2. The van der Waals surface area contributed by atoms with Crippen molar-refractivity contribution in [2.24, 2.45) is 5.41 Å². The van der Waals surface area contributed by atoms with Gasteiger partial charge in [0.1, 0.15) is 0 Å². The second-order valence-corrected chi connectivity index (χ2v) is 6.24. The first-order chi connectivity index (χ1) is 9.75. The van der Waals surface area contributed by atoms with Gasteiger partial charge in [-0.3, -0.25) is 9.59 Å². The molecular weight excluding hydrogens is 266 g/mol. The van der Waals surface area contributed by atoms with Crippen molar-refractivity contribution in [1.82, 2.24) is 10.3 Å². The summed E-state index contributed by atoms with van der Waals surface area (Å²) in [4.78, 5) is 26.8. The van der Waals surface area contributed by atoms with E-state index in [4.69, 9.17) is 0 Å². The van der Waals surface area contributed by atoms with Gasteiger partial charge in [0.05, 0.1) is 6.54 Å². The van der Waals surface area contributed by atoms with Crippen molar-refractivity contribution < 1.29 is 9.59 Å². The van der Waals surface area contributed by atoms with Crippen LogP contribution in [0.4, 0.5) is 5.69 Å². The van der Waals surface area contributed by atoms with Crippen molar-refractivity contribution in [3.05, 3.63) is 30.0 Å². The Bertz CT molecular complexity index is 680. The van der Waals surface area contributed by atoms with Gasteiger partial charge in [0.15, 0.2) is 0 Å². The predicted molar refractivity (Wildman–Crippen MR) is 84.1 cm³/mol. The van der Waals surface area contributed by atoms with E-state index in [-0.39, 0.29) is 18.4 Å². The zero-order chi connectivity index (χ0) is 15.6. The van der Waals surface area contributed by atoms with Gasteiger partial charge in [0, 0.05) is 27.7 Å². The van der Waals surface area contributed by atoms with Gasteiger partial charge < -0.3 is 15.6 Å². The first-order valence-electron chi connectivity index (χ1n) is 6.93. The van der Waals surface area contributed by atoms with Crippen LogP contribution >= 0.6 is 0 Å². The third kappa shape index (κ3) is 3.84. The van der Waals surface area contributed by atoms with Gasteiger partial charge in [-0.05, 0) is 31.2 Å². The number of rotatable bonds is 3. The number of aromatic amines is 1. The number of carbonyl (C=O) groups is 2. The molecule has 1 aromatic carbocycles. The number of hydrogen-bond donors (Lipinski definition) is 3. The maximum Gasteiger partial charge on any atom is 0.243 e. The lowest BCUT2D eigenvalue weighted by Crippen LogP contribution is -2.39. The van der Waals surface area contributed by atoms with Crippen molar-refractivity contribution in [3.63, 3.8) is 0 Å². The van der Waals surface area contributed by atoms with Gasteiger partial charge in [-0.2, -0.15) is 0 Å². The largest absolute Gasteiger partial charge is 0.359 e. The van der Waals surface area contributed by atoms with Gasteiger partial charge in [0.25, 0.3) is 0 Å². The minimum absolute atomic E-state index is 0.0275. The Labute approximate surface area is 124 Å². The van der Waals surface area contributed by atoms with Crippen LogP contribution in [0, 0.1) is 12.3 Å². The SMILES string of the molecule is Cc1cc2cc(NC(=O)CNC(=O)C(C)(C)C)ccc2[nH]1. The number of aryl methyl sites for hydroxylation is 1. The minimum Gasteiger partial charge on any atom is -0.359 e. The normalized spacial score (nSPS) is 11.4. The molecule has 112 valence electrons. The van der Waals surface area contributed by atoms with Gasteiger partial charge in [-0.15, -0.1) is 0 Å². The van der Waals surface area contributed by atoms with Crippen LogP contribution in [0.3, 0.4) is 0 Å². The van der Waals surface area contributed by atoms with Crippen molar-refractivity contribution in [3.8, 4) is 0 Å². The number of carbonyl (C=O) groups excluding carboxylic acids is 2. The van der Waals surface area contributed by atoms with Gasteiger partial charge in [-0.1, -0.05) is 20.8 Å². The molecule has 5 nitrogen and oxygen atoms in total. The van der Waals surface area contributed by atoms with Crippen LogP contribution in [0.1, 0.15) is 26.5 Å². The summed E-state index contributed by atoms with van der Waals surface area (Å²) in [5, 5.41) is 6.45. The summed E-state index contributed by atoms with van der Waals surface area (Å²) in [5.41, 5.74) is 2.33. The van der Waals surface area contributed by atoms with E-state index in [2.05, 4.69) is 15.6 Å². The maximum absolute atomic E-state index is 11.9. The molecule has 2 amide bonds. The lowest BCUT2D eigenvalue weighted by molar-refractivity contribution is -0.130. The number of H-pyrrole nitrogens is 1. The lowest BCUT2D eigenvalue weighted by atomic mass is 9.96. The second kappa shape index (κ2) is 5.60. The monoisotopic (exact) mass is 287 g/mol. The zero-order valence-electron chi connectivity index (χ0n) is 12.8. The summed E-state index contributed by atoms with van der Waals surface area (Å²) >= 11 is 0. The first kappa shape index (κ1) is 15.1. The Balaban J connectivity index is 1.96. The number of hydrogen-bond acceptors (Lipinski definition) is 2. The Morgan fingerprint density at radius 2 is 1.90 bits per heavy atom. The van der Waals surface area contributed by atoms with E-state index < -0.39 is 5.41 Å². The molecule has 0 saturated heterocycles. The van der Waals surface area contributed by atoms with Crippen LogP contribution in [-0.4, -0.2) is 23.3 Å². The molecule has 21 heavy (non-hydrogen) atoms. The molecule has 0 unspecified atom stereocenters. The van der Waals surface area contributed by atoms with Crippen LogP contribution in [0.15, 0.2) is 24.3 Å². The molecule has 1 aromatic heterocycles. The smallest absolute Gasteiger partial charge is 0.243 e. The second-order valence-electron chi connectivity index (χ2n) is 6.24. The van der Waals surface area contributed by atoms with E-state index in [0.29, 0.717) is 0 Å². The maximum atomic E-state index is 11.9. The molecule has 2 aromatic rings. The Morgan fingerprint density at radius 3 is 2.57 bits per heavy atom. The van der Waals surface area contributed by atoms with Gasteiger partial charge >= 0.3 is 0 Å². The molecule has 0 radical (unpaired) electrons. The van der Waals surface area contributed by atoms with Crippen LogP contribution in [0.25, 0.3) is 10.9 Å². The van der Waals surface area contributed by atoms with Crippen molar-refractivity contribution in [1.29, 1.82) is 0 Å². The fourth-order valence-electron chi connectivity index (χ4n) is 1.99. The molecule has 5 heteroatoms. The van der Waals surface area contributed by atoms with E-state index in [9.17, 15) is 9.59 Å². The molecule has 0 saturated carbocycles. The van der Waals surface area contributed by atoms with Crippen molar-refractivity contribution >= 4 is 28.4 Å². The molecule has 0 aliphatic heterocycles. The highest BCUT2D eigenvalue weighted by molar-refractivity contribution is 5.97. The highest BCUT2D eigenvalue weighted by Crippen LogP contribution is 2.19. The summed E-state index contributed by atoms with van der Waals surface area (Å²) in [6, 6.07) is 7.68. The van der Waals surface area contributed by atoms with Crippen LogP contribution < -0.4 is 10.6 Å². The summed E-state index contributed by atoms with van der Waals surface area (Å²) in [5.74, 6) is -0.381. The summed E-state index contributed by atoms with van der Waals surface area (Å²) in [6.07, 6.45) is 0. The summed E-state index contributed by atoms with van der Waals surface area (Å²) in [7, 11) is 0. The molecule has 0 aliphatic carbocycles. The average molecular weight is 287 g/mol. The standard InChI is InChI=1S/C16H21N3O2/c1-10-7-11-8-12(5-6-13(11)18-10)19-14(20)9-17-15(21)16(2,3)4/h5-8,18H,9H2,1-4H3,(H,17,21)(H,19,20). The van der Waals surface area contributed by atoms with Gasteiger partial charge in [0.2, 0.25) is 11.8 Å². The molecule has 0 aliphatic rings. The third-order valence-electron chi connectivity index (χ3n) is 3.13. The average Bonchev–Trinajstić information content (AvgIpc) is 2.74.